The predicted octanol–water partition coefficient (Wildman–Crippen LogP) is 3.77. The molecule has 0 unspecified atom stereocenters. The molecule has 0 aliphatic heterocycles. The molecule has 0 saturated heterocycles. The van der Waals surface area contributed by atoms with Crippen molar-refractivity contribution in [2.24, 2.45) is 0 Å². The minimum atomic E-state index is -0.325. The summed E-state index contributed by atoms with van der Waals surface area (Å²) in [5, 5.41) is 2.99. The number of nitrogens with zero attached hydrogens (tertiary/aromatic N) is 2. The van der Waals surface area contributed by atoms with E-state index in [0.717, 1.165) is 17.8 Å². The maximum absolute atomic E-state index is 13.0. The van der Waals surface area contributed by atoms with Gasteiger partial charge in [-0.15, -0.1) is 0 Å². The molecule has 0 amide bonds. The molecule has 0 saturated carbocycles. The van der Waals surface area contributed by atoms with Crippen molar-refractivity contribution in [2.45, 2.75) is 13.3 Å². The summed E-state index contributed by atoms with van der Waals surface area (Å²) in [5.41, 5.74) is 0.876. The second-order valence-corrected chi connectivity index (χ2v) is 4.64. The van der Waals surface area contributed by atoms with Gasteiger partial charge in [0.25, 0.3) is 0 Å². The average Bonchev–Trinajstić information content (AvgIpc) is 2.41. The molecule has 6 heteroatoms. The fourth-order valence-electron chi connectivity index (χ4n) is 1.68. The molecule has 1 aromatic carbocycles. The number of benzene rings is 1. The summed E-state index contributed by atoms with van der Waals surface area (Å²) in [5.74, 6) is 1.38. The maximum Gasteiger partial charge on any atom is 0.227 e. The van der Waals surface area contributed by atoms with E-state index < -0.39 is 0 Å². The minimum absolute atomic E-state index is 0.325. The summed E-state index contributed by atoms with van der Waals surface area (Å²) in [4.78, 5) is 8.26. The van der Waals surface area contributed by atoms with Gasteiger partial charge in [0, 0.05) is 7.05 Å². The lowest BCUT2D eigenvalue weighted by Gasteiger charge is -2.12. The topological polar surface area (TPSA) is 47.0 Å². The maximum atomic E-state index is 13.0. The van der Waals surface area contributed by atoms with Crippen LogP contribution in [0.5, 0.6) is 11.6 Å². The lowest BCUT2D eigenvalue weighted by molar-refractivity contribution is 0.451. The van der Waals surface area contributed by atoms with Crippen molar-refractivity contribution in [3.8, 4) is 11.6 Å². The number of halogens is 2. The molecule has 0 bridgehead atoms. The molecule has 0 atom stereocenters. The van der Waals surface area contributed by atoms with Gasteiger partial charge in [-0.3, -0.25) is 0 Å². The van der Waals surface area contributed by atoms with Crippen molar-refractivity contribution < 1.29 is 9.13 Å². The Kier molecular flexibility index (Phi) is 4.31. The van der Waals surface area contributed by atoms with Crippen LogP contribution in [0, 0.1) is 5.82 Å². The van der Waals surface area contributed by atoms with Crippen molar-refractivity contribution in [2.75, 3.05) is 12.4 Å². The molecule has 0 radical (unpaired) electrons. The second kappa shape index (κ2) is 5.97. The van der Waals surface area contributed by atoms with Crippen LogP contribution in [-0.2, 0) is 6.42 Å². The Labute approximate surface area is 119 Å². The van der Waals surface area contributed by atoms with E-state index in [9.17, 15) is 4.39 Å². The highest BCUT2D eigenvalue weighted by Gasteiger charge is 2.12. The van der Waals surface area contributed by atoms with Crippen molar-refractivity contribution in [1.82, 2.24) is 9.97 Å². The van der Waals surface area contributed by atoms with Gasteiger partial charge in [0.2, 0.25) is 5.88 Å². The molecular weight excluding hydrogens is 313 g/mol. The number of ether oxygens (including phenoxy) is 1. The highest BCUT2D eigenvalue weighted by Crippen LogP contribution is 2.32. The zero-order valence-electron chi connectivity index (χ0n) is 10.6. The second-order valence-electron chi connectivity index (χ2n) is 3.79. The monoisotopic (exact) mass is 325 g/mol. The van der Waals surface area contributed by atoms with Crippen LogP contribution < -0.4 is 10.1 Å². The predicted molar refractivity (Wildman–Crippen MR) is 75.1 cm³/mol. The molecule has 1 aromatic heterocycles. The average molecular weight is 326 g/mol. The van der Waals surface area contributed by atoms with Gasteiger partial charge in [-0.1, -0.05) is 6.92 Å². The summed E-state index contributed by atoms with van der Waals surface area (Å²) in [6, 6.07) is 4.24. The fraction of sp³-hybridized carbons (Fsp3) is 0.231. The first-order valence-electron chi connectivity index (χ1n) is 5.80. The molecule has 2 rings (SSSR count). The van der Waals surface area contributed by atoms with Gasteiger partial charge in [-0.05, 0) is 40.5 Å². The Balaban J connectivity index is 2.37. The molecule has 1 N–H and O–H groups in total. The highest BCUT2D eigenvalue weighted by atomic mass is 79.9. The lowest BCUT2D eigenvalue weighted by atomic mass is 10.2. The van der Waals surface area contributed by atoms with Crippen LogP contribution in [0.4, 0.5) is 10.2 Å². The van der Waals surface area contributed by atoms with Crippen LogP contribution in [0.25, 0.3) is 0 Å². The number of nitrogens with one attached hydrogen (secondary N) is 1. The first-order chi connectivity index (χ1) is 9.15. The van der Waals surface area contributed by atoms with Crippen molar-refractivity contribution in [3.05, 3.63) is 40.4 Å². The van der Waals surface area contributed by atoms with Gasteiger partial charge < -0.3 is 10.1 Å². The Hall–Kier alpha value is -1.69. The number of rotatable bonds is 4. The molecular formula is C13H13BrFN3O. The number of anilines is 1. The quantitative estimate of drug-likeness (QED) is 0.929. The largest absolute Gasteiger partial charge is 0.437 e. The van der Waals surface area contributed by atoms with E-state index in [1.165, 1.54) is 18.5 Å². The van der Waals surface area contributed by atoms with E-state index in [1.54, 1.807) is 13.1 Å². The van der Waals surface area contributed by atoms with Gasteiger partial charge >= 0.3 is 0 Å². The molecule has 4 nitrogen and oxygen atoms in total. The summed E-state index contributed by atoms with van der Waals surface area (Å²) in [6.07, 6.45) is 2.16. The SMILES string of the molecule is CCc1c(NC)ncnc1Oc1ccc(F)cc1Br. The lowest BCUT2D eigenvalue weighted by Crippen LogP contribution is -2.02. The van der Waals surface area contributed by atoms with E-state index in [-0.39, 0.29) is 5.82 Å². The Morgan fingerprint density at radius 1 is 1.37 bits per heavy atom. The molecule has 2 aromatic rings. The molecule has 100 valence electrons. The smallest absolute Gasteiger partial charge is 0.227 e. The molecule has 1 heterocycles. The summed E-state index contributed by atoms with van der Waals surface area (Å²) >= 11 is 3.26. The van der Waals surface area contributed by atoms with E-state index in [0.29, 0.717) is 16.1 Å². The third-order valence-corrected chi connectivity index (χ3v) is 3.22. The minimum Gasteiger partial charge on any atom is -0.437 e. The van der Waals surface area contributed by atoms with Crippen LogP contribution in [0.1, 0.15) is 12.5 Å². The third-order valence-electron chi connectivity index (χ3n) is 2.60. The van der Waals surface area contributed by atoms with Gasteiger partial charge in [0.1, 0.15) is 23.7 Å². The Bertz CT molecular complexity index is 592. The van der Waals surface area contributed by atoms with Crippen LogP contribution >= 0.6 is 15.9 Å². The van der Waals surface area contributed by atoms with Gasteiger partial charge in [-0.25, -0.2) is 14.4 Å². The first-order valence-corrected chi connectivity index (χ1v) is 6.59. The zero-order chi connectivity index (χ0) is 13.8. The number of hydrogen-bond acceptors (Lipinski definition) is 4. The highest BCUT2D eigenvalue weighted by molar-refractivity contribution is 9.10. The number of hydrogen-bond donors (Lipinski definition) is 1. The molecule has 0 aliphatic carbocycles. The third kappa shape index (κ3) is 3.01. The number of aromatic nitrogens is 2. The standard InChI is InChI=1S/C13H13BrFN3O/c1-3-9-12(16-2)17-7-18-13(9)19-11-5-4-8(15)6-10(11)14/h4-7H,3H2,1-2H3,(H,16,17,18). The van der Waals surface area contributed by atoms with E-state index >= 15 is 0 Å². The van der Waals surface area contributed by atoms with Gasteiger partial charge in [0.05, 0.1) is 10.0 Å². The van der Waals surface area contributed by atoms with Crippen molar-refractivity contribution >= 4 is 21.7 Å². The first kappa shape index (κ1) is 13.7. The van der Waals surface area contributed by atoms with Crippen LogP contribution in [0.2, 0.25) is 0 Å². The fourth-order valence-corrected chi connectivity index (χ4v) is 2.11. The Morgan fingerprint density at radius 2 is 2.16 bits per heavy atom. The molecule has 0 fully saturated rings. The van der Waals surface area contributed by atoms with Crippen LogP contribution in [-0.4, -0.2) is 17.0 Å². The van der Waals surface area contributed by atoms with Gasteiger partial charge in [0.15, 0.2) is 0 Å². The summed E-state index contributed by atoms with van der Waals surface area (Å²) in [6.45, 7) is 1.99. The normalized spacial score (nSPS) is 10.3. The van der Waals surface area contributed by atoms with Crippen molar-refractivity contribution in [3.63, 3.8) is 0 Å². The Morgan fingerprint density at radius 3 is 2.79 bits per heavy atom. The molecule has 0 aliphatic rings. The van der Waals surface area contributed by atoms with Crippen LogP contribution in [0.15, 0.2) is 29.0 Å². The van der Waals surface area contributed by atoms with E-state index in [2.05, 4.69) is 31.2 Å². The van der Waals surface area contributed by atoms with E-state index in [1.807, 2.05) is 6.92 Å². The van der Waals surface area contributed by atoms with Crippen LogP contribution in [0.3, 0.4) is 0 Å². The summed E-state index contributed by atoms with van der Waals surface area (Å²) in [7, 11) is 1.79. The molecule has 19 heavy (non-hydrogen) atoms. The van der Waals surface area contributed by atoms with Gasteiger partial charge in [-0.2, -0.15) is 0 Å². The van der Waals surface area contributed by atoms with E-state index in [4.69, 9.17) is 4.74 Å². The summed E-state index contributed by atoms with van der Waals surface area (Å²) < 4.78 is 19.3. The molecule has 0 spiro atoms. The zero-order valence-corrected chi connectivity index (χ0v) is 12.2. The van der Waals surface area contributed by atoms with Crippen molar-refractivity contribution in [1.29, 1.82) is 0 Å².